The molecule has 0 aromatic rings. The number of carbonyl (C=O) groups is 3. The number of unbranched alkanes of at least 4 members (excludes halogenated alkanes) is 38. The van der Waals surface area contributed by atoms with Crippen molar-refractivity contribution in [1.29, 1.82) is 0 Å². The van der Waals surface area contributed by atoms with Crippen LogP contribution in [0.4, 0.5) is 0 Å². The van der Waals surface area contributed by atoms with Crippen LogP contribution in [0.2, 0.25) is 0 Å². The first-order valence-electron chi connectivity index (χ1n) is 35.7. The molecule has 1 unspecified atom stereocenters. The van der Waals surface area contributed by atoms with Gasteiger partial charge in [-0.1, -0.05) is 330 Å². The summed E-state index contributed by atoms with van der Waals surface area (Å²) in [4.78, 5) is 38.4. The van der Waals surface area contributed by atoms with Crippen LogP contribution < -0.4 is 0 Å². The second-order valence-corrected chi connectivity index (χ2v) is 23.8. The zero-order valence-corrected chi connectivity index (χ0v) is 54.9. The molecular formula is C77H134O6. The van der Waals surface area contributed by atoms with Gasteiger partial charge >= 0.3 is 17.9 Å². The molecule has 0 radical (unpaired) electrons. The Morgan fingerprint density at radius 2 is 0.470 bits per heavy atom. The number of rotatable bonds is 65. The van der Waals surface area contributed by atoms with Crippen LogP contribution in [0, 0.1) is 0 Å². The number of hydrogen-bond donors (Lipinski definition) is 0. The number of hydrogen-bond acceptors (Lipinski definition) is 6. The van der Waals surface area contributed by atoms with Crippen molar-refractivity contribution in [2.75, 3.05) is 13.2 Å². The monoisotopic (exact) mass is 1160 g/mol. The highest BCUT2D eigenvalue weighted by Crippen LogP contribution is 2.17. The maximum Gasteiger partial charge on any atom is 0.306 e. The fourth-order valence-corrected chi connectivity index (χ4v) is 10.2. The second kappa shape index (κ2) is 70.8. The molecule has 0 fully saturated rings. The molecule has 0 aliphatic heterocycles. The number of carbonyl (C=O) groups excluding carboxylic acids is 3. The fourth-order valence-electron chi connectivity index (χ4n) is 10.2. The predicted octanol–water partition coefficient (Wildman–Crippen LogP) is 24.8. The van der Waals surface area contributed by atoms with Gasteiger partial charge in [-0.15, -0.1) is 0 Å². The maximum absolute atomic E-state index is 12.9. The fraction of sp³-hybridized carbons (Fsp3) is 0.753. The average Bonchev–Trinajstić information content (AvgIpc) is 3.49. The Hall–Kier alpha value is -3.67. The normalized spacial score (nSPS) is 12.7. The lowest BCUT2D eigenvalue weighted by Gasteiger charge is -2.18. The van der Waals surface area contributed by atoms with Gasteiger partial charge in [0.25, 0.3) is 0 Å². The third-order valence-corrected chi connectivity index (χ3v) is 15.6. The van der Waals surface area contributed by atoms with Gasteiger partial charge in [0.2, 0.25) is 0 Å². The van der Waals surface area contributed by atoms with Gasteiger partial charge in [0.1, 0.15) is 13.2 Å². The maximum atomic E-state index is 12.9. The van der Waals surface area contributed by atoms with E-state index in [0.29, 0.717) is 19.3 Å². The Balaban J connectivity index is 4.21. The molecule has 0 amide bonds. The van der Waals surface area contributed by atoms with Gasteiger partial charge in [0.15, 0.2) is 6.10 Å². The minimum absolute atomic E-state index is 0.0740. The van der Waals surface area contributed by atoms with Crippen LogP contribution >= 0.6 is 0 Å². The van der Waals surface area contributed by atoms with E-state index in [9.17, 15) is 14.4 Å². The van der Waals surface area contributed by atoms with E-state index in [-0.39, 0.29) is 31.1 Å². The lowest BCUT2D eigenvalue weighted by molar-refractivity contribution is -0.167. The Bertz CT molecular complexity index is 1610. The Morgan fingerprint density at radius 3 is 0.759 bits per heavy atom. The molecule has 0 N–H and O–H groups in total. The quantitative estimate of drug-likeness (QED) is 0.0261. The molecule has 478 valence electrons. The topological polar surface area (TPSA) is 78.9 Å². The summed E-state index contributed by atoms with van der Waals surface area (Å²) in [5.41, 5.74) is 0. The highest BCUT2D eigenvalue weighted by molar-refractivity contribution is 5.71. The SMILES string of the molecule is CC/C=C\C/C=C\C/C=C\C/C=C\C/C=C\C/C=C\CCCCCCCCCCCCCCCCC(=O)OCC(COC(=O)CCCCCCCCCCCCCCC)OC(=O)CCCCCCCCCCC/C=C\C/C=C\CCCCC. The van der Waals surface area contributed by atoms with Gasteiger partial charge in [-0.3, -0.25) is 14.4 Å². The van der Waals surface area contributed by atoms with Gasteiger partial charge < -0.3 is 14.2 Å². The number of allylic oxidation sites excluding steroid dienone is 16. The van der Waals surface area contributed by atoms with E-state index in [0.717, 1.165) is 103 Å². The third-order valence-electron chi connectivity index (χ3n) is 15.6. The Labute approximate surface area is 515 Å². The number of esters is 3. The van der Waals surface area contributed by atoms with Crippen molar-refractivity contribution in [3.8, 4) is 0 Å². The predicted molar refractivity (Wildman–Crippen MR) is 362 cm³/mol. The zero-order valence-electron chi connectivity index (χ0n) is 54.9. The van der Waals surface area contributed by atoms with E-state index in [4.69, 9.17) is 14.2 Å². The molecule has 83 heavy (non-hydrogen) atoms. The third kappa shape index (κ3) is 69.0. The zero-order chi connectivity index (χ0) is 59.9. The lowest BCUT2D eigenvalue weighted by Crippen LogP contribution is -2.30. The average molecular weight is 1160 g/mol. The molecule has 0 spiro atoms. The minimum Gasteiger partial charge on any atom is -0.462 e. The molecule has 0 heterocycles. The highest BCUT2D eigenvalue weighted by Gasteiger charge is 2.19. The summed E-state index contributed by atoms with van der Waals surface area (Å²) in [6, 6.07) is 0. The first kappa shape index (κ1) is 79.3. The summed E-state index contributed by atoms with van der Waals surface area (Å²) < 4.78 is 17.0. The highest BCUT2D eigenvalue weighted by atomic mass is 16.6. The van der Waals surface area contributed by atoms with Crippen molar-refractivity contribution in [3.05, 3.63) is 97.2 Å². The van der Waals surface area contributed by atoms with E-state index in [1.54, 1.807) is 0 Å². The van der Waals surface area contributed by atoms with E-state index in [1.807, 2.05) is 0 Å². The van der Waals surface area contributed by atoms with Crippen LogP contribution in [0.15, 0.2) is 97.2 Å². The van der Waals surface area contributed by atoms with E-state index < -0.39 is 6.10 Å². The summed E-state index contributed by atoms with van der Waals surface area (Å²) >= 11 is 0. The van der Waals surface area contributed by atoms with Crippen LogP contribution in [0.5, 0.6) is 0 Å². The van der Waals surface area contributed by atoms with Gasteiger partial charge in [-0.25, -0.2) is 0 Å². The molecule has 0 saturated carbocycles. The smallest absolute Gasteiger partial charge is 0.306 e. The van der Waals surface area contributed by atoms with Crippen LogP contribution in [0.25, 0.3) is 0 Å². The van der Waals surface area contributed by atoms with Crippen LogP contribution in [-0.4, -0.2) is 37.2 Å². The molecule has 0 bridgehead atoms. The first-order chi connectivity index (χ1) is 41.0. The van der Waals surface area contributed by atoms with E-state index >= 15 is 0 Å². The standard InChI is InChI=1S/C77H134O6/c1-4-7-10-13-16-19-22-25-27-29-31-32-33-34-35-36-37-38-39-40-41-42-43-44-46-47-49-52-55-58-61-64-67-70-76(79)82-73-74(72-81-75(78)69-66-63-60-57-54-51-24-21-18-15-12-9-6-3)83-77(80)71-68-65-62-59-56-53-50-48-45-30-28-26-23-20-17-14-11-8-5-2/h7,10,16-17,19-20,25-28,31-32,34-35,37-38,74H,4-6,8-9,11-15,18,21-24,29-30,33,36,39-73H2,1-3H3/b10-7-,19-16-,20-17-,27-25-,28-26-,32-31-,35-34-,38-37-. The Morgan fingerprint density at radius 1 is 0.253 bits per heavy atom. The van der Waals surface area contributed by atoms with Crippen LogP contribution in [0.1, 0.15) is 355 Å². The van der Waals surface area contributed by atoms with Gasteiger partial charge in [-0.05, 0) is 103 Å². The molecule has 0 aliphatic carbocycles. The van der Waals surface area contributed by atoms with Gasteiger partial charge in [0.05, 0.1) is 0 Å². The van der Waals surface area contributed by atoms with E-state index in [1.165, 1.54) is 212 Å². The molecule has 0 aromatic heterocycles. The lowest BCUT2D eigenvalue weighted by atomic mass is 10.0. The first-order valence-corrected chi connectivity index (χ1v) is 35.7. The van der Waals surface area contributed by atoms with E-state index in [2.05, 4.69) is 118 Å². The largest absolute Gasteiger partial charge is 0.462 e. The van der Waals surface area contributed by atoms with Crippen molar-refractivity contribution in [2.24, 2.45) is 0 Å². The molecule has 0 aliphatic rings. The molecule has 1 atom stereocenters. The second-order valence-electron chi connectivity index (χ2n) is 23.8. The van der Waals surface area contributed by atoms with Crippen molar-refractivity contribution >= 4 is 17.9 Å². The molecular weight excluding hydrogens is 1020 g/mol. The van der Waals surface area contributed by atoms with Crippen molar-refractivity contribution in [1.82, 2.24) is 0 Å². The summed E-state index contributed by atoms with van der Waals surface area (Å²) in [6.45, 7) is 6.54. The van der Waals surface area contributed by atoms with Crippen molar-refractivity contribution < 1.29 is 28.6 Å². The summed E-state index contributed by atoms with van der Waals surface area (Å²) in [6.07, 6.45) is 95.8. The summed E-state index contributed by atoms with van der Waals surface area (Å²) in [5, 5.41) is 0. The van der Waals surface area contributed by atoms with Gasteiger partial charge in [-0.2, -0.15) is 0 Å². The molecule has 0 aromatic carbocycles. The molecule has 0 rings (SSSR count). The summed E-state index contributed by atoms with van der Waals surface area (Å²) in [7, 11) is 0. The molecule has 0 saturated heterocycles. The summed E-state index contributed by atoms with van der Waals surface area (Å²) in [5.74, 6) is -0.860. The minimum atomic E-state index is -0.778. The van der Waals surface area contributed by atoms with Crippen molar-refractivity contribution in [3.63, 3.8) is 0 Å². The number of ether oxygens (including phenoxy) is 3. The molecule has 6 heteroatoms. The molecule has 6 nitrogen and oxygen atoms in total. The van der Waals surface area contributed by atoms with Crippen LogP contribution in [0.3, 0.4) is 0 Å². The Kier molecular flexibility index (Phi) is 67.7. The van der Waals surface area contributed by atoms with Crippen molar-refractivity contribution in [2.45, 2.75) is 361 Å². The van der Waals surface area contributed by atoms with Crippen LogP contribution in [-0.2, 0) is 28.6 Å². The van der Waals surface area contributed by atoms with Gasteiger partial charge in [0, 0.05) is 19.3 Å².